The summed E-state index contributed by atoms with van der Waals surface area (Å²) in [5.74, 6) is 0.171. The van der Waals surface area contributed by atoms with Gasteiger partial charge in [0, 0.05) is 75.7 Å². The Morgan fingerprint density at radius 1 is 1.03 bits per heavy atom. The van der Waals surface area contributed by atoms with Gasteiger partial charge >= 0.3 is 6.03 Å². The van der Waals surface area contributed by atoms with Gasteiger partial charge in [0.25, 0.3) is 0 Å². The van der Waals surface area contributed by atoms with Gasteiger partial charge < -0.3 is 15.1 Å². The first kappa shape index (κ1) is 21.6. The van der Waals surface area contributed by atoms with Crippen LogP contribution in [-0.4, -0.2) is 70.8 Å². The molecule has 31 heavy (non-hydrogen) atoms. The zero-order valence-corrected chi connectivity index (χ0v) is 18.6. The molecule has 1 N–H and O–H groups in total. The van der Waals surface area contributed by atoms with E-state index in [4.69, 9.17) is 11.6 Å². The normalized spacial score (nSPS) is 17.6. The number of carbonyl (C=O) groups is 2. The molecule has 2 aromatic rings. The average Bonchev–Trinajstić information content (AvgIpc) is 3.23. The largest absolute Gasteiger partial charge is 0.371 e. The van der Waals surface area contributed by atoms with E-state index in [0.717, 1.165) is 37.7 Å². The molecule has 0 aliphatic carbocycles. The van der Waals surface area contributed by atoms with Crippen LogP contribution in [0.5, 0.6) is 0 Å². The number of nitrogens with one attached hydrogen (secondary N) is 1. The maximum absolute atomic E-state index is 12.7. The topological polar surface area (TPSA) is 73.7 Å². The van der Waals surface area contributed by atoms with E-state index < -0.39 is 0 Å². The number of rotatable bonds is 4. The molecule has 1 aromatic heterocycles. The molecule has 2 aliphatic rings. The van der Waals surface area contributed by atoms with Gasteiger partial charge in [0.15, 0.2) is 5.82 Å². The molecule has 0 bridgehead atoms. The number of benzene rings is 1. The van der Waals surface area contributed by atoms with Crippen molar-refractivity contribution in [2.75, 3.05) is 49.5 Å². The molecular formula is C22H29ClN6O2. The first-order valence-corrected chi connectivity index (χ1v) is 11.3. The minimum Gasteiger partial charge on any atom is -0.371 e. The summed E-state index contributed by atoms with van der Waals surface area (Å²) < 4.78 is 1.29. The third-order valence-electron chi connectivity index (χ3n) is 5.87. The van der Waals surface area contributed by atoms with Gasteiger partial charge in [-0.25, -0.2) is 4.79 Å². The molecule has 0 spiro atoms. The fraction of sp³-hybridized carbons (Fsp3) is 0.500. The monoisotopic (exact) mass is 444 g/mol. The molecule has 4 rings (SSSR count). The number of nitrogens with zero attached hydrogens (tertiary/aromatic N) is 5. The number of aromatic nitrogens is 2. The lowest BCUT2D eigenvalue weighted by molar-refractivity contribution is -0.114. The van der Waals surface area contributed by atoms with E-state index in [0.29, 0.717) is 18.9 Å². The van der Waals surface area contributed by atoms with Crippen molar-refractivity contribution in [3.8, 4) is 0 Å². The Kier molecular flexibility index (Phi) is 6.77. The standard InChI is InChI=1S/C22H29ClN6O2/c1-17(30)24-21-7-10-29(25-21)22(31)28-13-11-26(12-14-28)16-18-5-6-19(23)15-20(18)27-8-3-2-4-9-27/h5-7,10,15H,2-4,8-9,11-14,16H2,1H3,(H,24,25,30). The molecule has 0 unspecified atom stereocenters. The first-order valence-electron chi connectivity index (χ1n) is 10.9. The van der Waals surface area contributed by atoms with E-state index in [1.807, 2.05) is 6.07 Å². The molecule has 3 heterocycles. The molecule has 166 valence electrons. The van der Waals surface area contributed by atoms with Crippen LogP contribution < -0.4 is 10.2 Å². The van der Waals surface area contributed by atoms with Crippen LogP contribution in [0.15, 0.2) is 30.5 Å². The van der Waals surface area contributed by atoms with E-state index in [-0.39, 0.29) is 11.9 Å². The lowest BCUT2D eigenvalue weighted by atomic mass is 10.1. The zero-order chi connectivity index (χ0) is 21.8. The van der Waals surface area contributed by atoms with Crippen LogP contribution in [0.1, 0.15) is 31.7 Å². The molecule has 0 atom stereocenters. The summed E-state index contributed by atoms with van der Waals surface area (Å²) in [4.78, 5) is 30.5. The Bertz CT molecular complexity index is 932. The highest BCUT2D eigenvalue weighted by atomic mass is 35.5. The molecule has 1 aromatic carbocycles. The minimum absolute atomic E-state index is 0.170. The highest BCUT2D eigenvalue weighted by Crippen LogP contribution is 2.29. The van der Waals surface area contributed by atoms with Crippen molar-refractivity contribution in [2.24, 2.45) is 0 Å². The van der Waals surface area contributed by atoms with Crippen LogP contribution in [0.4, 0.5) is 16.3 Å². The number of hydrogen-bond donors (Lipinski definition) is 1. The Balaban J connectivity index is 1.36. The minimum atomic E-state index is -0.211. The maximum Gasteiger partial charge on any atom is 0.344 e. The highest BCUT2D eigenvalue weighted by Gasteiger charge is 2.24. The number of carbonyl (C=O) groups excluding carboxylic acids is 2. The molecule has 2 amide bonds. The van der Waals surface area contributed by atoms with Crippen molar-refractivity contribution in [2.45, 2.75) is 32.7 Å². The fourth-order valence-corrected chi connectivity index (χ4v) is 4.43. The second-order valence-corrected chi connectivity index (χ2v) is 8.63. The summed E-state index contributed by atoms with van der Waals surface area (Å²) in [6, 6.07) is 7.65. The van der Waals surface area contributed by atoms with E-state index in [1.54, 1.807) is 17.2 Å². The second kappa shape index (κ2) is 9.70. The summed E-state index contributed by atoms with van der Waals surface area (Å²) in [6.07, 6.45) is 5.33. The van der Waals surface area contributed by atoms with Crippen molar-refractivity contribution in [3.05, 3.63) is 41.0 Å². The Labute approximate surface area is 187 Å². The van der Waals surface area contributed by atoms with Crippen LogP contribution in [0.3, 0.4) is 0 Å². The first-order chi connectivity index (χ1) is 15.0. The lowest BCUT2D eigenvalue weighted by Crippen LogP contribution is -2.49. The number of piperidine rings is 1. The zero-order valence-electron chi connectivity index (χ0n) is 17.9. The Morgan fingerprint density at radius 3 is 2.48 bits per heavy atom. The van der Waals surface area contributed by atoms with Gasteiger partial charge in [0.1, 0.15) is 0 Å². The van der Waals surface area contributed by atoms with Gasteiger partial charge in [-0.3, -0.25) is 9.69 Å². The molecule has 2 fully saturated rings. The van der Waals surface area contributed by atoms with Crippen molar-refractivity contribution in [1.82, 2.24) is 19.6 Å². The van der Waals surface area contributed by atoms with Gasteiger partial charge in [0.05, 0.1) is 0 Å². The van der Waals surface area contributed by atoms with Crippen LogP contribution in [0, 0.1) is 0 Å². The van der Waals surface area contributed by atoms with Gasteiger partial charge in [0.2, 0.25) is 5.91 Å². The summed E-state index contributed by atoms with van der Waals surface area (Å²) in [5, 5.41) is 7.51. The molecule has 0 saturated carbocycles. The number of halogens is 1. The summed E-state index contributed by atoms with van der Waals surface area (Å²) in [7, 11) is 0. The van der Waals surface area contributed by atoms with Crippen molar-refractivity contribution in [3.63, 3.8) is 0 Å². The molecular weight excluding hydrogens is 416 g/mol. The average molecular weight is 445 g/mol. The predicted molar refractivity (Wildman–Crippen MR) is 122 cm³/mol. The van der Waals surface area contributed by atoms with E-state index in [9.17, 15) is 9.59 Å². The predicted octanol–water partition coefficient (Wildman–Crippen LogP) is 3.27. The number of amides is 2. The van der Waals surface area contributed by atoms with E-state index in [1.165, 1.54) is 42.1 Å². The number of hydrogen-bond acceptors (Lipinski definition) is 5. The quantitative estimate of drug-likeness (QED) is 0.783. The molecule has 2 aliphatic heterocycles. The van der Waals surface area contributed by atoms with Crippen molar-refractivity contribution >= 4 is 35.0 Å². The Morgan fingerprint density at radius 2 is 1.77 bits per heavy atom. The Hall–Kier alpha value is -2.58. The van der Waals surface area contributed by atoms with Crippen LogP contribution >= 0.6 is 11.6 Å². The summed E-state index contributed by atoms with van der Waals surface area (Å²) in [5.41, 5.74) is 2.53. The maximum atomic E-state index is 12.7. The lowest BCUT2D eigenvalue weighted by Gasteiger charge is -2.36. The molecule has 8 nitrogen and oxygen atoms in total. The third-order valence-corrected chi connectivity index (χ3v) is 6.11. The molecule has 9 heteroatoms. The van der Waals surface area contributed by atoms with Gasteiger partial charge in [-0.2, -0.15) is 4.68 Å². The van der Waals surface area contributed by atoms with Gasteiger partial charge in [-0.15, -0.1) is 5.10 Å². The number of anilines is 2. The van der Waals surface area contributed by atoms with Gasteiger partial charge in [-0.1, -0.05) is 17.7 Å². The molecule has 0 radical (unpaired) electrons. The van der Waals surface area contributed by atoms with Crippen molar-refractivity contribution < 1.29 is 9.59 Å². The SMILES string of the molecule is CC(=O)Nc1ccn(C(=O)N2CCN(Cc3ccc(Cl)cc3N3CCCCC3)CC2)n1. The fourth-order valence-electron chi connectivity index (χ4n) is 4.26. The molecule has 2 saturated heterocycles. The van der Waals surface area contributed by atoms with Crippen molar-refractivity contribution in [1.29, 1.82) is 0 Å². The smallest absolute Gasteiger partial charge is 0.344 e. The summed E-state index contributed by atoms with van der Waals surface area (Å²) >= 11 is 6.30. The van der Waals surface area contributed by atoms with E-state index >= 15 is 0 Å². The van der Waals surface area contributed by atoms with E-state index in [2.05, 4.69) is 32.3 Å². The van der Waals surface area contributed by atoms with Crippen LogP contribution in [0.25, 0.3) is 0 Å². The third kappa shape index (κ3) is 5.37. The van der Waals surface area contributed by atoms with Crippen LogP contribution in [0.2, 0.25) is 5.02 Å². The second-order valence-electron chi connectivity index (χ2n) is 8.19. The summed E-state index contributed by atoms with van der Waals surface area (Å²) in [6.45, 7) is 7.31. The van der Waals surface area contributed by atoms with Crippen LogP contribution in [-0.2, 0) is 11.3 Å². The van der Waals surface area contributed by atoms with Gasteiger partial charge in [-0.05, 0) is 37.0 Å². The number of piperazine rings is 1. The highest BCUT2D eigenvalue weighted by molar-refractivity contribution is 6.30.